The van der Waals surface area contributed by atoms with Gasteiger partial charge in [0.25, 0.3) is 0 Å². The molecule has 21 heavy (non-hydrogen) atoms. The second-order valence-corrected chi connectivity index (χ2v) is 4.70. The second kappa shape index (κ2) is 6.68. The number of carboxylic acids is 1. The standard InChI is InChI=1S/C13H16O8/c1-2-10(16)20-7-5-18-13-8(6-19-12(7)13)21-11(17)4-3-9(14)15/h2,7-8,12-13H,1,3-6H2,(H,14,15)/t7-,8-,12+,13+/m0/s1. The van der Waals surface area contributed by atoms with Gasteiger partial charge >= 0.3 is 17.9 Å². The van der Waals surface area contributed by atoms with Gasteiger partial charge in [0.1, 0.15) is 12.2 Å². The average Bonchev–Trinajstić information content (AvgIpc) is 3.01. The van der Waals surface area contributed by atoms with Crippen molar-refractivity contribution in [1.29, 1.82) is 0 Å². The highest BCUT2D eigenvalue weighted by Crippen LogP contribution is 2.30. The quantitative estimate of drug-likeness (QED) is 0.524. The number of hydrogen-bond acceptors (Lipinski definition) is 7. The Hall–Kier alpha value is -1.93. The maximum atomic E-state index is 11.5. The lowest BCUT2D eigenvalue weighted by atomic mass is 10.1. The number of rotatable bonds is 6. The molecule has 2 aliphatic rings. The van der Waals surface area contributed by atoms with Gasteiger partial charge in [0.2, 0.25) is 0 Å². The largest absolute Gasteiger partial charge is 0.481 e. The molecule has 2 fully saturated rings. The van der Waals surface area contributed by atoms with Crippen LogP contribution in [0, 0.1) is 0 Å². The Labute approximate surface area is 120 Å². The van der Waals surface area contributed by atoms with Crippen molar-refractivity contribution < 1.29 is 38.4 Å². The number of esters is 2. The molecule has 0 saturated carbocycles. The summed E-state index contributed by atoms with van der Waals surface area (Å²) in [5, 5.41) is 8.50. The number of fused-ring (bicyclic) bond motifs is 1. The molecule has 0 aromatic heterocycles. The highest BCUT2D eigenvalue weighted by Gasteiger charge is 2.51. The fourth-order valence-corrected chi connectivity index (χ4v) is 2.27. The molecule has 0 amide bonds. The van der Waals surface area contributed by atoms with Crippen molar-refractivity contribution in [1.82, 2.24) is 0 Å². The summed E-state index contributed by atoms with van der Waals surface area (Å²) in [5.41, 5.74) is 0. The summed E-state index contributed by atoms with van der Waals surface area (Å²) in [6.07, 6.45) is -1.65. The minimum Gasteiger partial charge on any atom is -0.481 e. The first-order chi connectivity index (χ1) is 10.0. The van der Waals surface area contributed by atoms with Crippen LogP contribution in [-0.2, 0) is 33.3 Å². The van der Waals surface area contributed by atoms with Crippen LogP contribution < -0.4 is 0 Å². The highest BCUT2D eigenvalue weighted by molar-refractivity contribution is 5.81. The summed E-state index contributed by atoms with van der Waals surface area (Å²) in [4.78, 5) is 33.1. The molecule has 2 aliphatic heterocycles. The molecule has 4 atom stereocenters. The van der Waals surface area contributed by atoms with Gasteiger partial charge in [-0.05, 0) is 0 Å². The van der Waals surface area contributed by atoms with Crippen LogP contribution in [0.1, 0.15) is 12.8 Å². The second-order valence-electron chi connectivity index (χ2n) is 4.70. The third kappa shape index (κ3) is 3.79. The molecular weight excluding hydrogens is 284 g/mol. The number of carbonyl (C=O) groups is 3. The summed E-state index contributed by atoms with van der Waals surface area (Å²) in [6, 6.07) is 0. The molecule has 0 aromatic rings. The Kier molecular flexibility index (Phi) is 4.92. The fourth-order valence-electron chi connectivity index (χ4n) is 2.27. The first-order valence-electron chi connectivity index (χ1n) is 6.48. The molecule has 2 saturated heterocycles. The number of carbonyl (C=O) groups excluding carboxylic acids is 2. The van der Waals surface area contributed by atoms with Gasteiger partial charge in [-0.2, -0.15) is 0 Å². The molecule has 1 N–H and O–H groups in total. The molecule has 0 unspecified atom stereocenters. The van der Waals surface area contributed by atoms with Crippen LogP contribution in [0.2, 0.25) is 0 Å². The summed E-state index contributed by atoms with van der Waals surface area (Å²) < 4.78 is 21.1. The van der Waals surface area contributed by atoms with Gasteiger partial charge in [-0.1, -0.05) is 6.58 Å². The summed E-state index contributed by atoms with van der Waals surface area (Å²) >= 11 is 0. The molecule has 0 aliphatic carbocycles. The Morgan fingerprint density at radius 1 is 1.10 bits per heavy atom. The van der Waals surface area contributed by atoms with E-state index in [1.54, 1.807) is 0 Å². The van der Waals surface area contributed by atoms with Gasteiger partial charge in [0.15, 0.2) is 12.2 Å². The Bertz CT molecular complexity index is 445. The molecular formula is C13H16O8. The Balaban J connectivity index is 1.84. The smallest absolute Gasteiger partial charge is 0.330 e. The van der Waals surface area contributed by atoms with Crippen molar-refractivity contribution >= 4 is 17.9 Å². The summed E-state index contributed by atoms with van der Waals surface area (Å²) in [7, 11) is 0. The van der Waals surface area contributed by atoms with Crippen LogP contribution in [-0.4, -0.2) is 60.6 Å². The van der Waals surface area contributed by atoms with E-state index in [0.717, 1.165) is 6.08 Å². The van der Waals surface area contributed by atoms with E-state index in [0.29, 0.717) is 0 Å². The molecule has 0 radical (unpaired) electrons. The van der Waals surface area contributed by atoms with Crippen molar-refractivity contribution in [3.05, 3.63) is 12.7 Å². The van der Waals surface area contributed by atoms with Crippen molar-refractivity contribution in [2.45, 2.75) is 37.3 Å². The monoisotopic (exact) mass is 300 g/mol. The topological polar surface area (TPSA) is 108 Å². The predicted octanol–water partition coefficient (Wildman–Crippen LogP) is -0.342. The Morgan fingerprint density at radius 3 is 2.19 bits per heavy atom. The molecule has 2 heterocycles. The molecule has 8 nitrogen and oxygen atoms in total. The fraction of sp³-hybridized carbons (Fsp3) is 0.615. The van der Waals surface area contributed by atoms with Crippen LogP contribution in [0.5, 0.6) is 0 Å². The van der Waals surface area contributed by atoms with E-state index in [4.69, 9.17) is 24.1 Å². The summed E-state index contributed by atoms with van der Waals surface area (Å²) in [6.45, 7) is 3.58. The average molecular weight is 300 g/mol. The lowest BCUT2D eigenvalue weighted by molar-refractivity contribution is -0.156. The molecule has 2 rings (SSSR count). The zero-order valence-corrected chi connectivity index (χ0v) is 11.2. The molecule has 116 valence electrons. The normalized spacial score (nSPS) is 30.5. The number of aliphatic carboxylic acids is 1. The maximum Gasteiger partial charge on any atom is 0.330 e. The van der Waals surface area contributed by atoms with E-state index in [1.165, 1.54) is 0 Å². The minimum absolute atomic E-state index is 0.121. The van der Waals surface area contributed by atoms with E-state index in [9.17, 15) is 14.4 Å². The van der Waals surface area contributed by atoms with Crippen molar-refractivity contribution in [3.63, 3.8) is 0 Å². The lowest BCUT2D eigenvalue weighted by Gasteiger charge is -2.16. The summed E-state index contributed by atoms with van der Waals surface area (Å²) in [5.74, 6) is -2.27. The highest BCUT2D eigenvalue weighted by atomic mass is 16.7. The first-order valence-corrected chi connectivity index (χ1v) is 6.48. The van der Waals surface area contributed by atoms with Gasteiger partial charge in [-0.25, -0.2) is 4.79 Å². The minimum atomic E-state index is -1.07. The van der Waals surface area contributed by atoms with Crippen LogP contribution in [0.3, 0.4) is 0 Å². The SMILES string of the molecule is C=CC(=O)O[C@H]1CO[C@H]2[C@@H]1OC[C@@H]2OC(=O)CCC(=O)O. The van der Waals surface area contributed by atoms with Crippen molar-refractivity contribution in [3.8, 4) is 0 Å². The van der Waals surface area contributed by atoms with Crippen LogP contribution in [0.25, 0.3) is 0 Å². The number of hydrogen-bond donors (Lipinski definition) is 1. The van der Waals surface area contributed by atoms with Crippen LogP contribution in [0.15, 0.2) is 12.7 Å². The zero-order valence-electron chi connectivity index (χ0n) is 11.2. The zero-order chi connectivity index (χ0) is 15.4. The molecule has 0 bridgehead atoms. The maximum absolute atomic E-state index is 11.5. The van der Waals surface area contributed by atoms with Crippen LogP contribution in [0.4, 0.5) is 0 Å². The van der Waals surface area contributed by atoms with E-state index in [1.807, 2.05) is 0 Å². The van der Waals surface area contributed by atoms with Gasteiger partial charge in [-0.15, -0.1) is 0 Å². The van der Waals surface area contributed by atoms with Gasteiger partial charge in [-0.3, -0.25) is 9.59 Å². The van der Waals surface area contributed by atoms with Gasteiger partial charge < -0.3 is 24.1 Å². The number of ether oxygens (including phenoxy) is 4. The van der Waals surface area contributed by atoms with E-state index >= 15 is 0 Å². The first kappa shape index (κ1) is 15.5. The Morgan fingerprint density at radius 2 is 1.67 bits per heavy atom. The molecule has 0 spiro atoms. The third-order valence-corrected chi connectivity index (χ3v) is 3.22. The predicted molar refractivity (Wildman–Crippen MR) is 66.3 cm³/mol. The number of carboxylic acid groups (broad SMARTS) is 1. The van der Waals surface area contributed by atoms with Crippen molar-refractivity contribution in [2.75, 3.05) is 13.2 Å². The lowest BCUT2D eigenvalue weighted by Crippen LogP contribution is -2.35. The van der Waals surface area contributed by atoms with Crippen LogP contribution >= 0.6 is 0 Å². The van der Waals surface area contributed by atoms with E-state index < -0.39 is 42.3 Å². The van der Waals surface area contributed by atoms with E-state index in [2.05, 4.69) is 6.58 Å². The molecule has 0 aromatic carbocycles. The molecule has 8 heteroatoms. The van der Waals surface area contributed by atoms with E-state index in [-0.39, 0.29) is 26.1 Å². The van der Waals surface area contributed by atoms with Gasteiger partial charge in [0, 0.05) is 6.08 Å². The van der Waals surface area contributed by atoms with Crippen molar-refractivity contribution in [2.24, 2.45) is 0 Å². The van der Waals surface area contributed by atoms with Gasteiger partial charge in [0.05, 0.1) is 26.1 Å². The third-order valence-electron chi connectivity index (χ3n) is 3.22.